The van der Waals surface area contributed by atoms with Crippen molar-refractivity contribution in [1.82, 2.24) is 9.30 Å². The lowest BCUT2D eigenvalue weighted by Crippen LogP contribution is -2.29. The first-order valence-electron chi connectivity index (χ1n) is 8.40. The molecule has 1 aromatic carbocycles. The Labute approximate surface area is 157 Å². The Kier molecular flexibility index (Phi) is 5.43. The van der Waals surface area contributed by atoms with Gasteiger partial charge in [0.1, 0.15) is 12.7 Å². The largest absolute Gasteiger partial charge is 0.488 e. The highest BCUT2D eigenvalue weighted by Gasteiger charge is 2.11. The Morgan fingerprint density at radius 3 is 2.74 bits per heavy atom. The molecule has 3 aromatic rings. The maximum absolute atomic E-state index is 11.5. The molecule has 0 fully saturated rings. The molecule has 0 unspecified atom stereocenters. The van der Waals surface area contributed by atoms with Gasteiger partial charge in [0, 0.05) is 19.4 Å². The minimum Gasteiger partial charge on any atom is -0.488 e. The molecule has 0 saturated carbocycles. The van der Waals surface area contributed by atoms with Gasteiger partial charge in [-0.2, -0.15) is 5.26 Å². The average Bonchev–Trinajstić information content (AvgIpc) is 3.13. The summed E-state index contributed by atoms with van der Waals surface area (Å²) in [7, 11) is 1.69. The fourth-order valence-corrected chi connectivity index (χ4v) is 2.59. The number of carbonyl (C=O) groups excluding carboxylic acids is 1. The van der Waals surface area contributed by atoms with Crippen molar-refractivity contribution in [3.63, 3.8) is 0 Å². The van der Waals surface area contributed by atoms with Crippen molar-refractivity contribution >= 4 is 11.4 Å². The summed E-state index contributed by atoms with van der Waals surface area (Å²) in [6.45, 7) is 4.22. The number of hydrogen-bond acceptors (Lipinski definition) is 4. The third kappa shape index (κ3) is 4.10. The second-order valence-corrected chi connectivity index (χ2v) is 5.87. The van der Waals surface area contributed by atoms with Crippen molar-refractivity contribution in [2.45, 2.75) is 0 Å². The normalized spacial score (nSPS) is 10.2. The van der Waals surface area contributed by atoms with Crippen molar-refractivity contribution in [1.29, 1.82) is 5.26 Å². The van der Waals surface area contributed by atoms with Crippen LogP contribution in [0.5, 0.6) is 17.2 Å². The third-order valence-corrected chi connectivity index (χ3v) is 4.03. The highest BCUT2D eigenvalue weighted by atomic mass is 16.5. The molecule has 1 amide bonds. The lowest BCUT2D eigenvalue weighted by Gasteiger charge is -2.17. The van der Waals surface area contributed by atoms with E-state index in [4.69, 9.17) is 14.7 Å². The zero-order valence-electron chi connectivity index (χ0n) is 15.0. The van der Waals surface area contributed by atoms with Gasteiger partial charge in [-0.1, -0.05) is 18.7 Å². The predicted molar refractivity (Wildman–Crippen MR) is 102 cm³/mol. The number of nitriles is 1. The van der Waals surface area contributed by atoms with Crippen LogP contribution in [-0.2, 0) is 4.79 Å². The number of amides is 1. The molecular formula is C21H19N3O3. The first-order chi connectivity index (χ1) is 13.1. The summed E-state index contributed by atoms with van der Waals surface area (Å²) in [6.07, 6.45) is 4.87. The summed E-state index contributed by atoms with van der Waals surface area (Å²) < 4.78 is 13.7. The van der Waals surface area contributed by atoms with Gasteiger partial charge in [0.2, 0.25) is 5.91 Å². The summed E-state index contributed by atoms with van der Waals surface area (Å²) in [5, 5.41) is 9.10. The fraction of sp³-hybridized carbons (Fsp3) is 0.143. The molecule has 6 nitrogen and oxygen atoms in total. The van der Waals surface area contributed by atoms with Crippen LogP contribution in [0.1, 0.15) is 5.56 Å². The number of para-hydroxylation sites is 2. The molecule has 0 aliphatic rings. The molecule has 27 heavy (non-hydrogen) atoms. The molecule has 0 aliphatic carbocycles. The van der Waals surface area contributed by atoms with E-state index in [2.05, 4.69) is 12.6 Å². The van der Waals surface area contributed by atoms with Gasteiger partial charge < -0.3 is 18.8 Å². The lowest BCUT2D eigenvalue weighted by atomic mass is 10.3. The van der Waals surface area contributed by atoms with Crippen molar-refractivity contribution < 1.29 is 14.3 Å². The fourth-order valence-electron chi connectivity index (χ4n) is 2.59. The summed E-state index contributed by atoms with van der Waals surface area (Å²) in [5.41, 5.74) is 1.35. The minimum absolute atomic E-state index is 0.156. The molecule has 0 bridgehead atoms. The molecule has 3 rings (SSSR count). The van der Waals surface area contributed by atoms with Gasteiger partial charge in [0.25, 0.3) is 0 Å². The molecule has 0 atom stereocenters. The Morgan fingerprint density at radius 2 is 2.00 bits per heavy atom. The topological polar surface area (TPSA) is 67.0 Å². The van der Waals surface area contributed by atoms with Gasteiger partial charge in [0.05, 0.1) is 17.6 Å². The number of rotatable bonds is 7. The van der Waals surface area contributed by atoms with E-state index in [0.717, 1.165) is 5.52 Å². The zero-order chi connectivity index (χ0) is 19.2. The van der Waals surface area contributed by atoms with E-state index in [1.165, 1.54) is 11.0 Å². The summed E-state index contributed by atoms with van der Waals surface area (Å²) in [6, 6.07) is 14.9. The number of likely N-dealkylation sites (N-methyl/N-ethyl adjacent to an activating group) is 1. The van der Waals surface area contributed by atoms with Gasteiger partial charge in [-0.15, -0.1) is 0 Å². The van der Waals surface area contributed by atoms with Crippen molar-refractivity contribution in [3.8, 4) is 23.3 Å². The maximum Gasteiger partial charge on any atom is 0.245 e. The van der Waals surface area contributed by atoms with Crippen LogP contribution in [0.3, 0.4) is 0 Å². The van der Waals surface area contributed by atoms with Crippen LogP contribution in [0.2, 0.25) is 0 Å². The molecule has 0 N–H and O–H groups in total. The molecule has 0 spiro atoms. The summed E-state index contributed by atoms with van der Waals surface area (Å²) in [5.74, 6) is 1.60. The van der Waals surface area contributed by atoms with E-state index in [1.807, 2.05) is 47.0 Å². The molecule has 0 aliphatic heterocycles. The number of ether oxygens (including phenoxy) is 2. The molecule has 2 aromatic heterocycles. The Balaban J connectivity index is 1.77. The number of nitrogens with zero attached hydrogens (tertiary/aromatic N) is 3. The van der Waals surface area contributed by atoms with E-state index < -0.39 is 0 Å². The van der Waals surface area contributed by atoms with Crippen LogP contribution in [0.25, 0.3) is 5.52 Å². The van der Waals surface area contributed by atoms with E-state index in [-0.39, 0.29) is 5.91 Å². The second kappa shape index (κ2) is 8.11. The Morgan fingerprint density at radius 1 is 1.26 bits per heavy atom. The van der Waals surface area contributed by atoms with Gasteiger partial charge in [-0.25, -0.2) is 0 Å². The van der Waals surface area contributed by atoms with Gasteiger partial charge in [-0.05, 0) is 36.4 Å². The summed E-state index contributed by atoms with van der Waals surface area (Å²) in [4.78, 5) is 13.0. The van der Waals surface area contributed by atoms with E-state index in [9.17, 15) is 4.79 Å². The van der Waals surface area contributed by atoms with Crippen molar-refractivity contribution in [2.24, 2.45) is 0 Å². The standard InChI is InChI=1S/C21H19N3O3/c1-3-21(25)23(2)11-12-26-19-7-4-5-8-20(19)27-18-9-6-10-24-15-16(14-22)13-17(18)24/h3-10,13,15H,1,11-12H2,2H3. The van der Waals surface area contributed by atoms with Crippen LogP contribution >= 0.6 is 0 Å². The SMILES string of the molecule is C=CC(=O)N(C)CCOc1ccccc1Oc1cccn2cc(C#N)cc12. The Hall–Kier alpha value is -3.72. The van der Waals surface area contributed by atoms with E-state index >= 15 is 0 Å². The van der Waals surface area contributed by atoms with Gasteiger partial charge in [-0.3, -0.25) is 4.79 Å². The van der Waals surface area contributed by atoms with Gasteiger partial charge >= 0.3 is 0 Å². The number of aromatic nitrogens is 1. The molecule has 2 heterocycles. The van der Waals surface area contributed by atoms with Crippen LogP contribution in [0.4, 0.5) is 0 Å². The number of fused-ring (bicyclic) bond motifs is 1. The predicted octanol–water partition coefficient (Wildman–Crippen LogP) is 3.63. The van der Waals surface area contributed by atoms with Crippen LogP contribution in [-0.4, -0.2) is 35.4 Å². The Bertz CT molecular complexity index is 1020. The van der Waals surface area contributed by atoms with Crippen LogP contribution in [0.15, 0.2) is 67.5 Å². The first kappa shape index (κ1) is 18.1. The first-order valence-corrected chi connectivity index (χ1v) is 8.40. The molecule has 136 valence electrons. The van der Waals surface area contributed by atoms with Crippen LogP contribution in [0, 0.1) is 11.3 Å². The smallest absolute Gasteiger partial charge is 0.245 e. The highest BCUT2D eigenvalue weighted by Crippen LogP contribution is 2.33. The maximum atomic E-state index is 11.5. The highest BCUT2D eigenvalue weighted by molar-refractivity contribution is 5.86. The number of carbonyl (C=O) groups is 1. The molecular weight excluding hydrogens is 342 g/mol. The van der Waals surface area contributed by atoms with Crippen molar-refractivity contribution in [3.05, 3.63) is 73.1 Å². The van der Waals surface area contributed by atoms with E-state index in [1.54, 1.807) is 19.3 Å². The second-order valence-electron chi connectivity index (χ2n) is 5.87. The average molecular weight is 361 g/mol. The molecule has 0 radical (unpaired) electrons. The minimum atomic E-state index is -0.156. The number of hydrogen-bond donors (Lipinski definition) is 0. The van der Waals surface area contributed by atoms with E-state index in [0.29, 0.717) is 36.0 Å². The summed E-state index contributed by atoms with van der Waals surface area (Å²) >= 11 is 0. The molecule has 6 heteroatoms. The quantitative estimate of drug-likeness (QED) is 0.603. The number of benzene rings is 1. The molecule has 0 saturated heterocycles. The third-order valence-electron chi connectivity index (χ3n) is 4.03. The van der Waals surface area contributed by atoms with Gasteiger partial charge in [0.15, 0.2) is 17.2 Å². The van der Waals surface area contributed by atoms with Crippen LogP contribution < -0.4 is 9.47 Å². The zero-order valence-corrected chi connectivity index (χ0v) is 15.0. The lowest BCUT2D eigenvalue weighted by molar-refractivity contribution is -0.125. The van der Waals surface area contributed by atoms with Crippen molar-refractivity contribution in [2.75, 3.05) is 20.2 Å². The number of pyridine rings is 1. The monoisotopic (exact) mass is 361 g/mol.